The van der Waals surface area contributed by atoms with Crippen molar-refractivity contribution in [1.29, 1.82) is 0 Å². The normalized spacial score (nSPS) is 17.4. The van der Waals surface area contributed by atoms with Crippen molar-refractivity contribution >= 4 is 21.6 Å². The number of carbonyl (C=O) groups excluding carboxylic acids is 1. The fraction of sp³-hybridized carbons (Fsp3) is 0.278. The monoisotopic (exact) mass is 360 g/mol. The first kappa shape index (κ1) is 17.6. The summed E-state index contributed by atoms with van der Waals surface area (Å²) >= 11 is 0. The maximum atomic E-state index is 12.3. The molecule has 2 aromatic rings. The van der Waals surface area contributed by atoms with E-state index in [0.29, 0.717) is 17.9 Å². The molecular formula is C18H20N2O4S. The van der Waals surface area contributed by atoms with Gasteiger partial charge in [0.05, 0.1) is 11.0 Å². The molecule has 3 rings (SSSR count). The summed E-state index contributed by atoms with van der Waals surface area (Å²) in [5, 5.41) is 2.74. The molecule has 1 atom stereocenters. The standard InChI is InChI=1S/C18H20N2O4S/c21-18(14-5-2-1-3-6-14)20-15-8-10-17(11-9-15)25(22,23)19-13-16-7-4-12-24-16/h1-3,5-6,8-11,16,19H,4,7,12-13H2,(H,20,21)/t16-/m0/s1. The number of sulfonamides is 1. The lowest BCUT2D eigenvalue weighted by atomic mass is 10.2. The molecule has 1 amide bonds. The fourth-order valence-electron chi connectivity index (χ4n) is 2.60. The number of ether oxygens (including phenoxy) is 1. The lowest BCUT2D eigenvalue weighted by molar-refractivity contribution is 0.102. The molecule has 0 saturated carbocycles. The number of amides is 1. The van der Waals surface area contributed by atoms with Gasteiger partial charge in [0.2, 0.25) is 10.0 Å². The van der Waals surface area contributed by atoms with Gasteiger partial charge in [-0.1, -0.05) is 18.2 Å². The van der Waals surface area contributed by atoms with Crippen molar-refractivity contribution in [2.75, 3.05) is 18.5 Å². The van der Waals surface area contributed by atoms with Crippen molar-refractivity contribution in [3.8, 4) is 0 Å². The van der Waals surface area contributed by atoms with Crippen LogP contribution in [0.2, 0.25) is 0 Å². The Labute approximate surface area is 147 Å². The zero-order valence-corrected chi connectivity index (χ0v) is 14.5. The number of anilines is 1. The molecule has 2 N–H and O–H groups in total. The van der Waals surface area contributed by atoms with Crippen LogP contribution in [0.3, 0.4) is 0 Å². The summed E-state index contributed by atoms with van der Waals surface area (Å²) in [6.07, 6.45) is 1.77. The van der Waals surface area contributed by atoms with Gasteiger partial charge in [-0.2, -0.15) is 0 Å². The van der Waals surface area contributed by atoms with Crippen LogP contribution in [0.15, 0.2) is 59.5 Å². The molecule has 1 aliphatic rings. The minimum Gasteiger partial charge on any atom is -0.377 e. The van der Waals surface area contributed by atoms with Crippen LogP contribution in [-0.4, -0.2) is 33.6 Å². The average Bonchev–Trinajstić information content (AvgIpc) is 3.15. The van der Waals surface area contributed by atoms with Crippen molar-refractivity contribution in [2.45, 2.75) is 23.8 Å². The van der Waals surface area contributed by atoms with Crippen molar-refractivity contribution in [3.05, 3.63) is 60.2 Å². The highest BCUT2D eigenvalue weighted by Crippen LogP contribution is 2.16. The third kappa shape index (κ3) is 4.66. The second-order valence-corrected chi connectivity index (χ2v) is 7.60. The smallest absolute Gasteiger partial charge is 0.255 e. The largest absolute Gasteiger partial charge is 0.377 e. The molecule has 6 nitrogen and oxygen atoms in total. The van der Waals surface area contributed by atoms with Gasteiger partial charge >= 0.3 is 0 Å². The number of hydrogen-bond donors (Lipinski definition) is 2. The number of hydrogen-bond acceptors (Lipinski definition) is 4. The van der Waals surface area contributed by atoms with E-state index in [0.717, 1.165) is 12.8 Å². The van der Waals surface area contributed by atoms with E-state index >= 15 is 0 Å². The Morgan fingerprint density at radius 3 is 2.44 bits per heavy atom. The third-order valence-electron chi connectivity index (χ3n) is 3.98. The first-order valence-electron chi connectivity index (χ1n) is 8.12. The van der Waals surface area contributed by atoms with Crippen molar-refractivity contribution in [1.82, 2.24) is 4.72 Å². The van der Waals surface area contributed by atoms with E-state index in [2.05, 4.69) is 10.0 Å². The molecule has 2 aromatic carbocycles. The van der Waals surface area contributed by atoms with E-state index in [-0.39, 0.29) is 23.5 Å². The number of carbonyl (C=O) groups is 1. The maximum Gasteiger partial charge on any atom is 0.255 e. The van der Waals surface area contributed by atoms with Gasteiger partial charge in [0, 0.05) is 24.4 Å². The zero-order valence-electron chi connectivity index (χ0n) is 13.6. The predicted octanol–water partition coefficient (Wildman–Crippen LogP) is 2.40. The third-order valence-corrected chi connectivity index (χ3v) is 5.42. The fourth-order valence-corrected chi connectivity index (χ4v) is 3.67. The van der Waals surface area contributed by atoms with Gasteiger partial charge in [-0.3, -0.25) is 4.79 Å². The van der Waals surface area contributed by atoms with Crippen LogP contribution in [0.5, 0.6) is 0 Å². The van der Waals surface area contributed by atoms with E-state index < -0.39 is 10.0 Å². The van der Waals surface area contributed by atoms with Crippen LogP contribution in [0, 0.1) is 0 Å². The first-order valence-corrected chi connectivity index (χ1v) is 9.61. The molecule has 25 heavy (non-hydrogen) atoms. The second-order valence-electron chi connectivity index (χ2n) is 5.83. The van der Waals surface area contributed by atoms with Crippen LogP contribution >= 0.6 is 0 Å². The van der Waals surface area contributed by atoms with E-state index in [4.69, 9.17) is 4.74 Å². The van der Waals surface area contributed by atoms with Crippen molar-refractivity contribution < 1.29 is 17.9 Å². The Morgan fingerprint density at radius 1 is 1.08 bits per heavy atom. The van der Waals surface area contributed by atoms with E-state index in [1.165, 1.54) is 12.1 Å². The van der Waals surface area contributed by atoms with E-state index in [1.54, 1.807) is 36.4 Å². The minimum absolute atomic E-state index is 0.0563. The highest BCUT2D eigenvalue weighted by Gasteiger charge is 2.20. The summed E-state index contributed by atoms with van der Waals surface area (Å²) in [5.74, 6) is -0.243. The Hall–Kier alpha value is -2.22. The SMILES string of the molecule is O=C(Nc1ccc(S(=O)(=O)NC[C@@H]2CCCO2)cc1)c1ccccc1. The molecule has 0 bridgehead atoms. The van der Waals surface area contributed by atoms with Gasteiger partial charge in [0.25, 0.3) is 5.91 Å². The summed E-state index contributed by atoms with van der Waals surface area (Å²) in [6.45, 7) is 0.955. The number of rotatable bonds is 6. The molecule has 1 saturated heterocycles. The van der Waals surface area contributed by atoms with Crippen LogP contribution in [0.1, 0.15) is 23.2 Å². The van der Waals surface area contributed by atoms with E-state index in [1.807, 2.05) is 6.07 Å². The maximum absolute atomic E-state index is 12.3. The van der Waals surface area contributed by atoms with Crippen LogP contribution < -0.4 is 10.0 Å². The van der Waals surface area contributed by atoms with Gasteiger partial charge in [0.1, 0.15) is 0 Å². The molecule has 1 heterocycles. The highest BCUT2D eigenvalue weighted by atomic mass is 32.2. The summed E-state index contributed by atoms with van der Waals surface area (Å²) in [6, 6.07) is 14.9. The Balaban J connectivity index is 1.62. The molecule has 132 valence electrons. The predicted molar refractivity (Wildman–Crippen MR) is 95.0 cm³/mol. The van der Waals surface area contributed by atoms with Gasteiger partial charge in [-0.25, -0.2) is 13.1 Å². The Bertz CT molecular complexity index is 814. The Kier molecular flexibility index (Phi) is 5.47. The summed E-state index contributed by atoms with van der Waals surface area (Å²) < 4.78 is 32.6. The number of nitrogens with one attached hydrogen (secondary N) is 2. The van der Waals surface area contributed by atoms with E-state index in [9.17, 15) is 13.2 Å². The molecule has 0 spiro atoms. The molecule has 0 aromatic heterocycles. The van der Waals surface area contributed by atoms with Gasteiger partial charge in [-0.05, 0) is 49.2 Å². The lowest BCUT2D eigenvalue weighted by Gasteiger charge is -2.12. The Morgan fingerprint density at radius 2 is 1.80 bits per heavy atom. The summed E-state index contributed by atoms with van der Waals surface area (Å²) in [5.41, 5.74) is 1.07. The average molecular weight is 360 g/mol. The van der Waals surface area contributed by atoms with Crippen molar-refractivity contribution in [3.63, 3.8) is 0 Å². The topological polar surface area (TPSA) is 84.5 Å². The molecule has 0 aliphatic carbocycles. The summed E-state index contributed by atoms with van der Waals surface area (Å²) in [7, 11) is -3.59. The highest BCUT2D eigenvalue weighted by molar-refractivity contribution is 7.89. The quantitative estimate of drug-likeness (QED) is 0.828. The summed E-state index contributed by atoms with van der Waals surface area (Å²) in [4.78, 5) is 12.2. The van der Waals surface area contributed by atoms with Crippen molar-refractivity contribution in [2.24, 2.45) is 0 Å². The molecule has 0 unspecified atom stereocenters. The zero-order chi connectivity index (χ0) is 17.7. The van der Waals surface area contributed by atoms with Gasteiger partial charge in [0.15, 0.2) is 0 Å². The lowest BCUT2D eigenvalue weighted by Crippen LogP contribution is -2.31. The van der Waals surface area contributed by atoms with Crippen LogP contribution in [-0.2, 0) is 14.8 Å². The minimum atomic E-state index is -3.59. The molecular weight excluding hydrogens is 340 g/mol. The second kappa shape index (κ2) is 7.77. The first-order chi connectivity index (χ1) is 12.0. The number of benzene rings is 2. The van der Waals surface area contributed by atoms with Crippen LogP contribution in [0.4, 0.5) is 5.69 Å². The molecule has 7 heteroatoms. The molecule has 1 aliphatic heterocycles. The molecule has 0 radical (unpaired) electrons. The van der Waals surface area contributed by atoms with Crippen LogP contribution in [0.25, 0.3) is 0 Å². The van der Waals surface area contributed by atoms with Gasteiger partial charge in [-0.15, -0.1) is 0 Å². The molecule has 1 fully saturated rings. The van der Waals surface area contributed by atoms with Gasteiger partial charge < -0.3 is 10.1 Å².